The third-order valence-corrected chi connectivity index (χ3v) is 7.69. The average molecular weight is 450 g/mol. The first kappa shape index (κ1) is 18.9. The van der Waals surface area contributed by atoms with Crippen molar-refractivity contribution in [3.63, 3.8) is 0 Å². The SMILES string of the molecule is Cn1c2c3ccccc3c3ccccc3c2c2c1c1ccccc1n2C1=c2ccccc2=CCN1. The van der Waals surface area contributed by atoms with E-state index in [1.807, 2.05) is 0 Å². The van der Waals surface area contributed by atoms with Crippen molar-refractivity contribution in [2.24, 2.45) is 7.05 Å². The molecule has 35 heavy (non-hydrogen) atoms. The maximum absolute atomic E-state index is 3.74. The first-order valence-electron chi connectivity index (χ1n) is 12.2. The second-order valence-electron chi connectivity index (χ2n) is 9.44. The van der Waals surface area contributed by atoms with Gasteiger partial charge in [0.25, 0.3) is 0 Å². The lowest BCUT2D eigenvalue weighted by atomic mass is 9.98. The first-order valence-corrected chi connectivity index (χ1v) is 12.2. The number of hydrogen-bond donors (Lipinski definition) is 1. The standard InChI is InChI=1S/C32H23N3/c1-34-29-25-15-7-5-13-23(25)22-12-4-6-14-24(22)28(29)31-30(34)26-16-8-9-17-27(26)35(31)32-21-11-3-2-10-20(21)18-19-33-32/h2-18,33H,19H2,1H3. The summed E-state index contributed by atoms with van der Waals surface area (Å²) in [6, 6.07) is 35.2. The van der Waals surface area contributed by atoms with Crippen LogP contribution in [0.5, 0.6) is 0 Å². The van der Waals surface area contributed by atoms with Gasteiger partial charge in [0, 0.05) is 35.0 Å². The molecule has 8 rings (SSSR count). The van der Waals surface area contributed by atoms with E-state index in [2.05, 4.69) is 125 Å². The summed E-state index contributed by atoms with van der Waals surface area (Å²) in [4.78, 5) is 0. The molecule has 0 radical (unpaired) electrons. The minimum atomic E-state index is 0.814. The number of para-hydroxylation sites is 1. The molecular weight excluding hydrogens is 426 g/mol. The quantitative estimate of drug-likeness (QED) is 0.324. The van der Waals surface area contributed by atoms with Crippen molar-refractivity contribution in [3.8, 4) is 0 Å². The minimum Gasteiger partial charge on any atom is -0.367 e. The molecule has 0 atom stereocenters. The summed E-state index contributed by atoms with van der Waals surface area (Å²) in [6.45, 7) is 0.814. The minimum absolute atomic E-state index is 0.814. The molecule has 7 aromatic rings. The second-order valence-corrected chi connectivity index (χ2v) is 9.44. The molecule has 3 nitrogen and oxygen atoms in total. The Morgan fingerprint density at radius 3 is 2.06 bits per heavy atom. The molecule has 2 aromatic heterocycles. The fourth-order valence-corrected chi connectivity index (χ4v) is 6.29. The van der Waals surface area contributed by atoms with Gasteiger partial charge in [0.05, 0.1) is 22.1 Å². The first-order chi connectivity index (χ1) is 17.3. The third kappa shape index (κ3) is 2.35. The second kappa shape index (κ2) is 6.77. The Morgan fingerprint density at radius 2 is 1.23 bits per heavy atom. The Morgan fingerprint density at radius 1 is 0.600 bits per heavy atom. The summed E-state index contributed by atoms with van der Waals surface area (Å²) in [6.07, 6.45) is 2.27. The van der Waals surface area contributed by atoms with E-state index in [0.29, 0.717) is 0 Å². The number of nitrogens with zero attached hydrogens (tertiary/aromatic N) is 2. The molecule has 0 spiro atoms. The molecule has 3 heteroatoms. The highest BCUT2D eigenvalue weighted by molar-refractivity contribution is 6.34. The van der Waals surface area contributed by atoms with Crippen LogP contribution < -0.4 is 15.8 Å². The van der Waals surface area contributed by atoms with Crippen molar-refractivity contribution in [1.29, 1.82) is 0 Å². The van der Waals surface area contributed by atoms with Gasteiger partial charge in [-0.15, -0.1) is 0 Å². The molecule has 1 aliphatic rings. The number of nitrogens with one attached hydrogen (secondary N) is 1. The highest BCUT2D eigenvalue weighted by Gasteiger charge is 2.24. The maximum Gasteiger partial charge on any atom is 0.119 e. The molecule has 0 bridgehead atoms. The highest BCUT2D eigenvalue weighted by atomic mass is 15.2. The monoisotopic (exact) mass is 449 g/mol. The van der Waals surface area contributed by atoms with E-state index in [4.69, 9.17) is 0 Å². The number of rotatable bonds is 1. The predicted octanol–water partition coefficient (Wildman–Crippen LogP) is 5.59. The van der Waals surface area contributed by atoms with Crippen molar-refractivity contribution in [2.75, 3.05) is 6.54 Å². The molecule has 0 saturated heterocycles. The molecule has 1 aliphatic heterocycles. The summed E-state index contributed by atoms with van der Waals surface area (Å²) in [7, 11) is 2.23. The van der Waals surface area contributed by atoms with Crippen LogP contribution in [0.1, 0.15) is 0 Å². The number of fused-ring (bicyclic) bond motifs is 11. The van der Waals surface area contributed by atoms with Crippen LogP contribution >= 0.6 is 0 Å². The van der Waals surface area contributed by atoms with Crippen molar-refractivity contribution in [2.45, 2.75) is 0 Å². The molecule has 1 N–H and O–H groups in total. The lowest BCUT2D eigenvalue weighted by Gasteiger charge is -2.18. The van der Waals surface area contributed by atoms with Gasteiger partial charge in [-0.05, 0) is 27.4 Å². The zero-order valence-electron chi connectivity index (χ0n) is 19.4. The number of benzene rings is 5. The summed E-state index contributed by atoms with van der Waals surface area (Å²) in [5.41, 5.74) is 5.06. The molecular formula is C32H23N3. The van der Waals surface area contributed by atoms with Gasteiger partial charge in [0.1, 0.15) is 5.82 Å². The van der Waals surface area contributed by atoms with Crippen molar-refractivity contribution < 1.29 is 0 Å². The van der Waals surface area contributed by atoms with Crippen LogP contribution in [0.3, 0.4) is 0 Å². The van der Waals surface area contributed by atoms with Gasteiger partial charge in [-0.3, -0.25) is 4.57 Å². The van der Waals surface area contributed by atoms with E-state index in [0.717, 1.165) is 12.4 Å². The van der Waals surface area contributed by atoms with Crippen LogP contribution in [0, 0.1) is 0 Å². The fraction of sp³-hybridized carbons (Fsp3) is 0.0625. The molecule has 166 valence electrons. The third-order valence-electron chi connectivity index (χ3n) is 7.69. The van der Waals surface area contributed by atoms with E-state index in [-0.39, 0.29) is 0 Å². The van der Waals surface area contributed by atoms with Crippen molar-refractivity contribution in [1.82, 2.24) is 14.5 Å². The highest BCUT2D eigenvalue weighted by Crippen LogP contribution is 2.44. The number of aryl methyl sites for hydroxylation is 1. The van der Waals surface area contributed by atoms with Gasteiger partial charge in [-0.1, -0.05) is 97.1 Å². The summed E-state index contributed by atoms with van der Waals surface area (Å²) in [5, 5.41) is 14.0. The zero-order valence-corrected chi connectivity index (χ0v) is 19.4. The Hall–Kier alpha value is -4.50. The van der Waals surface area contributed by atoms with E-state index in [1.54, 1.807) is 0 Å². The van der Waals surface area contributed by atoms with E-state index < -0.39 is 0 Å². The zero-order chi connectivity index (χ0) is 23.1. The topological polar surface area (TPSA) is 21.9 Å². The van der Waals surface area contributed by atoms with Gasteiger partial charge >= 0.3 is 0 Å². The summed E-state index contributed by atoms with van der Waals surface area (Å²) in [5.74, 6) is 1.15. The Bertz CT molecular complexity index is 2120. The molecule has 3 heterocycles. The summed E-state index contributed by atoms with van der Waals surface area (Å²) >= 11 is 0. The largest absolute Gasteiger partial charge is 0.367 e. The fourth-order valence-electron chi connectivity index (χ4n) is 6.29. The Kier molecular flexibility index (Phi) is 3.65. The predicted molar refractivity (Wildman–Crippen MR) is 148 cm³/mol. The number of aromatic nitrogens is 2. The van der Waals surface area contributed by atoms with Crippen LogP contribution in [0.15, 0.2) is 97.1 Å². The maximum atomic E-state index is 3.74. The normalized spacial score (nSPS) is 13.6. The van der Waals surface area contributed by atoms with Gasteiger partial charge < -0.3 is 9.88 Å². The van der Waals surface area contributed by atoms with E-state index >= 15 is 0 Å². The molecule has 0 saturated carbocycles. The lowest BCUT2D eigenvalue weighted by molar-refractivity contribution is 0.927. The van der Waals surface area contributed by atoms with Crippen LogP contribution in [0.4, 0.5) is 0 Å². The van der Waals surface area contributed by atoms with Gasteiger partial charge in [0.2, 0.25) is 0 Å². The average Bonchev–Trinajstić information content (AvgIpc) is 3.41. The molecule has 0 aliphatic carbocycles. The van der Waals surface area contributed by atoms with Crippen LogP contribution in [-0.2, 0) is 7.05 Å². The molecule has 5 aromatic carbocycles. The van der Waals surface area contributed by atoms with E-state index in [1.165, 1.54) is 64.8 Å². The Balaban J connectivity index is 1.75. The molecule has 0 fully saturated rings. The van der Waals surface area contributed by atoms with Crippen molar-refractivity contribution in [3.05, 3.63) is 107 Å². The van der Waals surface area contributed by atoms with Crippen LogP contribution in [0.25, 0.3) is 66.3 Å². The Labute approximate surface area is 201 Å². The smallest absolute Gasteiger partial charge is 0.119 e. The van der Waals surface area contributed by atoms with Crippen LogP contribution in [0.2, 0.25) is 0 Å². The van der Waals surface area contributed by atoms with E-state index in [9.17, 15) is 0 Å². The van der Waals surface area contributed by atoms with Gasteiger partial charge in [0.15, 0.2) is 0 Å². The van der Waals surface area contributed by atoms with Gasteiger partial charge in [-0.2, -0.15) is 0 Å². The lowest BCUT2D eigenvalue weighted by Crippen LogP contribution is -2.39. The molecule has 0 unspecified atom stereocenters. The summed E-state index contributed by atoms with van der Waals surface area (Å²) < 4.78 is 4.89. The molecule has 0 amide bonds. The van der Waals surface area contributed by atoms with Crippen molar-refractivity contribution >= 4 is 66.3 Å². The number of hydrogen-bond acceptors (Lipinski definition) is 1. The van der Waals surface area contributed by atoms with Crippen LogP contribution in [-0.4, -0.2) is 15.7 Å². The van der Waals surface area contributed by atoms with Gasteiger partial charge in [-0.25, -0.2) is 0 Å².